The summed E-state index contributed by atoms with van der Waals surface area (Å²) < 4.78 is 0. The zero-order chi connectivity index (χ0) is 22.4. The number of amides is 2. The van der Waals surface area contributed by atoms with E-state index < -0.39 is 0 Å². The first-order valence-electron chi connectivity index (χ1n) is 11.9. The van der Waals surface area contributed by atoms with Gasteiger partial charge in [0.15, 0.2) is 0 Å². The number of hydrogen-bond acceptors (Lipinski definition) is 3. The minimum atomic E-state index is 0.239. The summed E-state index contributed by atoms with van der Waals surface area (Å²) >= 11 is 6.12. The molecule has 1 aromatic rings. The molecule has 6 heteroatoms. The van der Waals surface area contributed by atoms with Crippen LogP contribution >= 0.6 is 11.6 Å². The highest BCUT2D eigenvalue weighted by atomic mass is 35.5. The van der Waals surface area contributed by atoms with Crippen molar-refractivity contribution in [3.8, 4) is 0 Å². The summed E-state index contributed by atoms with van der Waals surface area (Å²) in [7, 11) is 0. The van der Waals surface area contributed by atoms with Gasteiger partial charge >= 0.3 is 0 Å². The average molecular weight is 448 g/mol. The fourth-order valence-electron chi connectivity index (χ4n) is 5.14. The topological polar surface area (TPSA) is 43.9 Å². The summed E-state index contributed by atoms with van der Waals surface area (Å²) in [4.78, 5) is 30.7. The Labute approximate surface area is 192 Å². The highest BCUT2D eigenvalue weighted by Gasteiger charge is 2.36. The van der Waals surface area contributed by atoms with Gasteiger partial charge in [-0.15, -0.1) is 0 Å². The number of halogens is 1. The van der Waals surface area contributed by atoms with Crippen molar-refractivity contribution < 1.29 is 9.59 Å². The number of likely N-dealkylation sites (tertiary alicyclic amines) is 1. The van der Waals surface area contributed by atoms with Crippen molar-refractivity contribution in [2.75, 3.05) is 32.7 Å². The van der Waals surface area contributed by atoms with E-state index in [1.54, 1.807) is 0 Å². The van der Waals surface area contributed by atoms with Crippen molar-refractivity contribution in [3.63, 3.8) is 0 Å². The molecule has 2 aliphatic heterocycles. The number of benzene rings is 1. The van der Waals surface area contributed by atoms with E-state index in [0.717, 1.165) is 69.8 Å². The van der Waals surface area contributed by atoms with Crippen molar-refractivity contribution in [2.45, 2.75) is 65.0 Å². The van der Waals surface area contributed by atoms with Gasteiger partial charge in [0, 0.05) is 56.3 Å². The van der Waals surface area contributed by atoms with Gasteiger partial charge in [0.1, 0.15) is 0 Å². The first-order valence-corrected chi connectivity index (χ1v) is 12.3. The SMILES string of the molecule is CCCC(c1ccc(Cl)cc1)N1CCN(C(=O)CC2CCN(C=O)CC2)[C@@H](C(C)C)C1. The van der Waals surface area contributed by atoms with Crippen LogP contribution in [0, 0.1) is 11.8 Å². The van der Waals surface area contributed by atoms with Crippen LogP contribution in [0.5, 0.6) is 0 Å². The second-order valence-corrected chi connectivity index (χ2v) is 9.97. The highest BCUT2D eigenvalue weighted by molar-refractivity contribution is 6.30. The number of carbonyl (C=O) groups excluding carboxylic acids is 2. The van der Waals surface area contributed by atoms with Crippen LogP contribution in [0.1, 0.15) is 64.5 Å². The molecule has 2 atom stereocenters. The molecule has 0 spiro atoms. The van der Waals surface area contributed by atoms with Crippen LogP contribution < -0.4 is 0 Å². The van der Waals surface area contributed by atoms with E-state index in [1.165, 1.54) is 5.56 Å². The van der Waals surface area contributed by atoms with Crippen LogP contribution in [-0.2, 0) is 9.59 Å². The molecule has 0 N–H and O–H groups in total. The first kappa shape index (κ1) is 24.1. The maximum atomic E-state index is 13.3. The largest absolute Gasteiger partial charge is 0.345 e. The third-order valence-corrected chi connectivity index (χ3v) is 7.31. The molecule has 31 heavy (non-hydrogen) atoms. The molecule has 1 unspecified atom stereocenters. The number of carbonyl (C=O) groups is 2. The number of hydrogen-bond donors (Lipinski definition) is 0. The van der Waals surface area contributed by atoms with Crippen LogP contribution in [0.25, 0.3) is 0 Å². The van der Waals surface area contributed by atoms with Crippen molar-refractivity contribution in [1.29, 1.82) is 0 Å². The van der Waals surface area contributed by atoms with Gasteiger partial charge in [-0.3, -0.25) is 14.5 Å². The minimum Gasteiger partial charge on any atom is -0.345 e. The average Bonchev–Trinajstić information content (AvgIpc) is 2.78. The van der Waals surface area contributed by atoms with Gasteiger partial charge in [-0.25, -0.2) is 0 Å². The lowest BCUT2D eigenvalue weighted by Crippen LogP contribution is -2.58. The molecule has 0 bridgehead atoms. The lowest BCUT2D eigenvalue weighted by molar-refractivity contribution is -0.139. The lowest BCUT2D eigenvalue weighted by Gasteiger charge is -2.46. The fraction of sp³-hybridized carbons (Fsp3) is 0.680. The molecular weight excluding hydrogens is 410 g/mol. The molecule has 5 nitrogen and oxygen atoms in total. The van der Waals surface area contributed by atoms with Gasteiger partial charge in [0.2, 0.25) is 12.3 Å². The molecule has 3 rings (SSSR count). The van der Waals surface area contributed by atoms with E-state index >= 15 is 0 Å². The van der Waals surface area contributed by atoms with Crippen molar-refractivity contribution in [1.82, 2.24) is 14.7 Å². The zero-order valence-corrected chi connectivity index (χ0v) is 20.1. The number of rotatable bonds is 8. The normalized spacial score (nSPS) is 22.0. The molecule has 0 radical (unpaired) electrons. The summed E-state index contributed by atoms with van der Waals surface area (Å²) in [6, 6.07) is 8.87. The Bertz CT molecular complexity index is 716. The van der Waals surface area contributed by atoms with Gasteiger partial charge in [-0.05, 0) is 48.8 Å². The third-order valence-electron chi connectivity index (χ3n) is 7.06. The van der Waals surface area contributed by atoms with Crippen molar-refractivity contribution >= 4 is 23.9 Å². The highest BCUT2D eigenvalue weighted by Crippen LogP contribution is 2.31. The molecular formula is C25H38ClN3O2. The molecule has 2 saturated heterocycles. The lowest BCUT2D eigenvalue weighted by atomic mass is 9.91. The minimum absolute atomic E-state index is 0.239. The number of nitrogens with zero attached hydrogens (tertiary/aromatic N) is 3. The predicted octanol–water partition coefficient (Wildman–Crippen LogP) is 4.61. The maximum absolute atomic E-state index is 13.3. The molecule has 2 amide bonds. The molecule has 172 valence electrons. The van der Waals surface area contributed by atoms with Crippen molar-refractivity contribution in [2.24, 2.45) is 11.8 Å². The standard InChI is InChI=1S/C25H38ClN3O2/c1-4-5-23(21-6-8-22(26)9-7-21)28-14-15-29(24(17-28)19(2)3)25(31)16-20-10-12-27(18-30)13-11-20/h6-9,18-20,23-24H,4-5,10-17H2,1-3H3/t23?,24-/m1/s1. The van der Waals surface area contributed by atoms with E-state index in [-0.39, 0.29) is 6.04 Å². The van der Waals surface area contributed by atoms with Crippen molar-refractivity contribution in [3.05, 3.63) is 34.9 Å². The number of piperidine rings is 1. The van der Waals surface area contributed by atoms with Crippen LogP contribution in [-0.4, -0.2) is 65.8 Å². The van der Waals surface area contributed by atoms with Crippen LogP contribution in [0.4, 0.5) is 0 Å². The van der Waals surface area contributed by atoms with E-state index in [9.17, 15) is 9.59 Å². The monoisotopic (exact) mass is 447 g/mol. The Morgan fingerprint density at radius 3 is 2.39 bits per heavy atom. The smallest absolute Gasteiger partial charge is 0.223 e. The third kappa shape index (κ3) is 6.23. The van der Waals surface area contributed by atoms with Gasteiger partial charge in [0.05, 0.1) is 0 Å². The predicted molar refractivity (Wildman–Crippen MR) is 126 cm³/mol. The molecule has 0 saturated carbocycles. The number of piperazine rings is 1. The van der Waals surface area contributed by atoms with Crippen LogP contribution in [0.3, 0.4) is 0 Å². The molecule has 0 aliphatic carbocycles. The molecule has 0 aromatic heterocycles. The summed E-state index contributed by atoms with van der Waals surface area (Å²) in [5.74, 6) is 1.11. The van der Waals surface area contributed by atoms with E-state index in [2.05, 4.69) is 42.7 Å². The molecule has 1 aromatic carbocycles. The Hall–Kier alpha value is -1.59. The van der Waals surface area contributed by atoms with Crippen LogP contribution in [0.15, 0.2) is 24.3 Å². The quantitative estimate of drug-likeness (QED) is 0.546. The van der Waals surface area contributed by atoms with Crippen LogP contribution in [0.2, 0.25) is 5.02 Å². The van der Waals surface area contributed by atoms with Gasteiger partial charge in [-0.1, -0.05) is 50.9 Å². The second kappa shape index (κ2) is 11.3. The summed E-state index contributed by atoms with van der Waals surface area (Å²) in [6.07, 6.45) is 5.65. The first-order chi connectivity index (χ1) is 14.9. The maximum Gasteiger partial charge on any atom is 0.223 e. The summed E-state index contributed by atoms with van der Waals surface area (Å²) in [5, 5.41) is 0.772. The van der Waals surface area contributed by atoms with E-state index in [1.807, 2.05) is 17.0 Å². The Morgan fingerprint density at radius 1 is 1.13 bits per heavy atom. The fourth-order valence-corrected chi connectivity index (χ4v) is 5.27. The Balaban J connectivity index is 1.65. The molecule has 2 heterocycles. The van der Waals surface area contributed by atoms with Gasteiger partial charge in [-0.2, -0.15) is 0 Å². The summed E-state index contributed by atoms with van der Waals surface area (Å²) in [6.45, 7) is 10.9. The summed E-state index contributed by atoms with van der Waals surface area (Å²) in [5.41, 5.74) is 1.32. The van der Waals surface area contributed by atoms with E-state index in [0.29, 0.717) is 30.2 Å². The van der Waals surface area contributed by atoms with Gasteiger partial charge in [0.25, 0.3) is 0 Å². The zero-order valence-electron chi connectivity index (χ0n) is 19.3. The second-order valence-electron chi connectivity index (χ2n) is 9.54. The molecule has 2 aliphatic rings. The molecule has 2 fully saturated rings. The van der Waals surface area contributed by atoms with Gasteiger partial charge < -0.3 is 9.80 Å². The Kier molecular flexibility index (Phi) is 8.79. The van der Waals surface area contributed by atoms with E-state index in [4.69, 9.17) is 11.6 Å². The Morgan fingerprint density at radius 2 is 1.81 bits per heavy atom.